The largest absolute Gasteiger partial charge is 0.454 e. The zero-order chi connectivity index (χ0) is 17.7. The molecule has 0 aliphatic heterocycles. The van der Waals surface area contributed by atoms with Gasteiger partial charge in [-0.2, -0.15) is 5.26 Å². The minimum Gasteiger partial charge on any atom is -0.454 e. The van der Waals surface area contributed by atoms with Gasteiger partial charge in [0.1, 0.15) is 0 Å². The second-order valence-electron chi connectivity index (χ2n) is 4.95. The van der Waals surface area contributed by atoms with Gasteiger partial charge in [0.25, 0.3) is 5.69 Å². The Labute approximate surface area is 137 Å². The summed E-state index contributed by atoms with van der Waals surface area (Å²) in [6, 6.07) is 11.8. The molecule has 0 aliphatic rings. The molecular formula is C17H12N2O5. The SMILES string of the molecule is Cc1ccc(C(=O)COC(=O)c2ccc(C#N)cc2)cc1[N+](=O)[O-]. The van der Waals surface area contributed by atoms with E-state index in [0.29, 0.717) is 11.1 Å². The van der Waals surface area contributed by atoms with Crippen molar-refractivity contribution >= 4 is 17.4 Å². The molecule has 0 N–H and O–H groups in total. The van der Waals surface area contributed by atoms with E-state index in [1.165, 1.54) is 36.4 Å². The topological polar surface area (TPSA) is 110 Å². The first-order valence-corrected chi connectivity index (χ1v) is 6.88. The third-order valence-corrected chi connectivity index (χ3v) is 3.31. The monoisotopic (exact) mass is 324 g/mol. The van der Waals surface area contributed by atoms with Gasteiger partial charge in [-0.25, -0.2) is 4.79 Å². The number of carbonyl (C=O) groups is 2. The van der Waals surface area contributed by atoms with Crippen LogP contribution in [-0.2, 0) is 4.74 Å². The van der Waals surface area contributed by atoms with E-state index in [4.69, 9.17) is 10.00 Å². The molecule has 0 saturated carbocycles. The molecule has 7 nitrogen and oxygen atoms in total. The van der Waals surface area contributed by atoms with E-state index >= 15 is 0 Å². The minimum atomic E-state index is -0.713. The highest BCUT2D eigenvalue weighted by molar-refractivity contribution is 5.99. The molecule has 0 amide bonds. The van der Waals surface area contributed by atoms with E-state index in [1.54, 1.807) is 6.92 Å². The molecule has 2 rings (SSSR count). The normalized spacial score (nSPS) is 9.83. The Balaban J connectivity index is 2.05. The summed E-state index contributed by atoms with van der Waals surface area (Å²) in [7, 11) is 0. The first kappa shape index (κ1) is 16.8. The van der Waals surface area contributed by atoms with Crippen molar-refractivity contribution in [2.24, 2.45) is 0 Å². The summed E-state index contributed by atoms with van der Waals surface area (Å²) in [5, 5.41) is 19.6. The molecule has 0 bridgehead atoms. The van der Waals surface area contributed by atoms with Crippen LogP contribution in [0.15, 0.2) is 42.5 Å². The second-order valence-corrected chi connectivity index (χ2v) is 4.95. The Morgan fingerprint density at radius 3 is 2.38 bits per heavy atom. The van der Waals surface area contributed by atoms with Gasteiger partial charge in [-0.3, -0.25) is 14.9 Å². The number of aryl methyl sites for hydroxylation is 1. The molecule has 0 atom stereocenters. The summed E-state index contributed by atoms with van der Waals surface area (Å²) in [6.45, 7) is 1.04. The molecule has 24 heavy (non-hydrogen) atoms. The van der Waals surface area contributed by atoms with Crippen LogP contribution in [0.5, 0.6) is 0 Å². The molecule has 2 aromatic carbocycles. The van der Waals surface area contributed by atoms with Crippen LogP contribution in [0, 0.1) is 28.4 Å². The van der Waals surface area contributed by atoms with Crippen LogP contribution in [0.3, 0.4) is 0 Å². The van der Waals surface area contributed by atoms with Gasteiger partial charge >= 0.3 is 5.97 Å². The molecule has 0 aliphatic carbocycles. The van der Waals surface area contributed by atoms with Crippen molar-refractivity contribution < 1.29 is 19.2 Å². The molecule has 0 spiro atoms. The quantitative estimate of drug-likeness (QED) is 0.362. The first-order valence-electron chi connectivity index (χ1n) is 6.88. The van der Waals surface area contributed by atoms with Crippen molar-refractivity contribution in [3.8, 4) is 6.07 Å². The number of nitriles is 1. The minimum absolute atomic E-state index is 0.0972. The molecule has 0 radical (unpaired) electrons. The number of ether oxygens (including phenoxy) is 1. The molecule has 0 fully saturated rings. The lowest BCUT2D eigenvalue weighted by atomic mass is 10.1. The van der Waals surface area contributed by atoms with Crippen LogP contribution in [0.25, 0.3) is 0 Å². The fourth-order valence-corrected chi connectivity index (χ4v) is 1.96. The van der Waals surface area contributed by atoms with Crippen LogP contribution >= 0.6 is 0 Å². The number of ketones is 1. The third-order valence-electron chi connectivity index (χ3n) is 3.31. The number of nitrogens with zero attached hydrogens (tertiary/aromatic N) is 2. The van der Waals surface area contributed by atoms with Gasteiger partial charge in [-0.05, 0) is 31.2 Å². The first-order chi connectivity index (χ1) is 11.4. The summed E-state index contributed by atoms with van der Waals surface area (Å²) in [5.74, 6) is -1.26. The zero-order valence-electron chi connectivity index (χ0n) is 12.7. The van der Waals surface area contributed by atoms with E-state index in [1.807, 2.05) is 6.07 Å². The molecule has 0 aromatic heterocycles. The maximum atomic E-state index is 12.0. The number of rotatable bonds is 5. The number of carbonyl (C=O) groups excluding carboxylic acids is 2. The van der Waals surface area contributed by atoms with Gasteiger partial charge in [0, 0.05) is 17.2 Å². The maximum absolute atomic E-state index is 12.0. The number of benzene rings is 2. The number of hydrogen-bond donors (Lipinski definition) is 0. The van der Waals surface area contributed by atoms with Crippen molar-refractivity contribution in [2.75, 3.05) is 6.61 Å². The smallest absolute Gasteiger partial charge is 0.338 e. The van der Waals surface area contributed by atoms with E-state index in [0.717, 1.165) is 6.07 Å². The second kappa shape index (κ2) is 7.15. The highest BCUT2D eigenvalue weighted by atomic mass is 16.6. The summed E-state index contributed by atoms with van der Waals surface area (Å²) in [4.78, 5) is 34.2. The Kier molecular flexibility index (Phi) is 5.02. The lowest BCUT2D eigenvalue weighted by Gasteiger charge is -2.05. The van der Waals surface area contributed by atoms with Crippen molar-refractivity contribution in [3.05, 3.63) is 74.8 Å². The fourth-order valence-electron chi connectivity index (χ4n) is 1.96. The Hall–Kier alpha value is -3.53. The standard InChI is InChI=1S/C17H12N2O5/c1-11-2-5-14(8-15(11)19(22)23)16(20)10-24-17(21)13-6-3-12(9-18)4-7-13/h2-8H,10H2,1H3. The number of hydrogen-bond acceptors (Lipinski definition) is 6. The summed E-state index contributed by atoms with van der Waals surface area (Å²) in [5.41, 5.74) is 0.969. The number of Topliss-reactive ketones (excluding diaryl/α,β-unsaturated/α-hetero) is 1. The van der Waals surface area contributed by atoms with E-state index < -0.39 is 23.3 Å². The number of nitro benzene ring substituents is 1. The van der Waals surface area contributed by atoms with Crippen LogP contribution in [0.2, 0.25) is 0 Å². The molecular weight excluding hydrogens is 312 g/mol. The average Bonchev–Trinajstić information content (AvgIpc) is 2.59. The summed E-state index contributed by atoms with van der Waals surface area (Å²) >= 11 is 0. The highest BCUT2D eigenvalue weighted by Gasteiger charge is 2.16. The van der Waals surface area contributed by atoms with Crippen LogP contribution in [0.1, 0.15) is 31.8 Å². The molecule has 2 aromatic rings. The zero-order valence-corrected chi connectivity index (χ0v) is 12.7. The highest BCUT2D eigenvalue weighted by Crippen LogP contribution is 2.19. The van der Waals surface area contributed by atoms with Gasteiger partial charge in [0.05, 0.1) is 22.1 Å². The van der Waals surface area contributed by atoms with Crippen LogP contribution in [0.4, 0.5) is 5.69 Å². The Morgan fingerprint density at radius 2 is 1.79 bits per heavy atom. The summed E-state index contributed by atoms with van der Waals surface area (Å²) < 4.78 is 4.91. The lowest BCUT2D eigenvalue weighted by molar-refractivity contribution is -0.385. The van der Waals surface area contributed by atoms with E-state index in [2.05, 4.69) is 0 Å². The Morgan fingerprint density at radius 1 is 1.17 bits per heavy atom. The molecule has 0 heterocycles. The number of nitro groups is 1. The van der Waals surface area contributed by atoms with E-state index in [-0.39, 0.29) is 16.8 Å². The van der Waals surface area contributed by atoms with Crippen molar-refractivity contribution in [1.29, 1.82) is 5.26 Å². The average molecular weight is 324 g/mol. The fraction of sp³-hybridized carbons (Fsp3) is 0.118. The van der Waals surface area contributed by atoms with Gasteiger partial charge in [0.15, 0.2) is 6.61 Å². The van der Waals surface area contributed by atoms with Crippen LogP contribution < -0.4 is 0 Å². The van der Waals surface area contributed by atoms with Gasteiger partial charge in [-0.15, -0.1) is 0 Å². The third kappa shape index (κ3) is 3.81. The van der Waals surface area contributed by atoms with Crippen molar-refractivity contribution in [1.82, 2.24) is 0 Å². The molecule has 7 heteroatoms. The summed E-state index contributed by atoms with van der Waals surface area (Å²) in [6.07, 6.45) is 0. The van der Waals surface area contributed by atoms with Gasteiger partial charge in [-0.1, -0.05) is 12.1 Å². The van der Waals surface area contributed by atoms with Crippen LogP contribution in [-0.4, -0.2) is 23.3 Å². The Bertz CT molecular complexity index is 850. The van der Waals surface area contributed by atoms with Gasteiger partial charge in [0.2, 0.25) is 5.78 Å². The van der Waals surface area contributed by atoms with Crippen molar-refractivity contribution in [3.63, 3.8) is 0 Å². The van der Waals surface area contributed by atoms with Gasteiger partial charge < -0.3 is 4.74 Å². The number of esters is 1. The predicted molar refractivity (Wildman–Crippen MR) is 83.6 cm³/mol. The van der Waals surface area contributed by atoms with E-state index in [9.17, 15) is 19.7 Å². The molecule has 0 saturated heterocycles. The maximum Gasteiger partial charge on any atom is 0.338 e. The molecule has 120 valence electrons. The molecule has 0 unspecified atom stereocenters. The van der Waals surface area contributed by atoms with Crippen molar-refractivity contribution in [2.45, 2.75) is 6.92 Å². The lowest BCUT2D eigenvalue weighted by Crippen LogP contribution is -2.14. The predicted octanol–water partition coefficient (Wildman–Crippen LogP) is 2.81.